The van der Waals surface area contributed by atoms with E-state index in [1.165, 1.54) is 17.5 Å². The third-order valence-corrected chi connectivity index (χ3v) is 3.48. The molecule has 0 spiro atoms. The zero-order valence-electron chi connectivity index (χ0n) is 9.82. The van der Waals surface area contributed by atoms with E-state index in [1.807, 2.05) is 0 Å². The van der Waals surface area contributed by atoms with Crippen LogP contribution in [0.3, 0.4) is 0 Å². The minimum Gasteiger partial charge on any atom is -0.381 e. The molecule has 1 heterocycles. The lowest BCUT2D eigenvalue weighted by atomic mass is 10.2. The van der Waals surface area contributed by atoms with E-state index in [4.69, 9.17) is 17.3 Å². The minimum absolute atomic E-state index is 0.0314. The molecule has 1 unspecified atom stereocenters. The predicted molar refractivity (Wildman–Crippen MR) is 66.8 cm³/mol. The fraction of sp³-hybridized carbons (Fsp3) is 0.636. The molecular weight excluding hydrogens is 240 g/mol. The first-order chi connectivity index (χ1) is 8.08. The lowest BCUT2D eigenvalue weighted by molar-refractivity contribution is -0.124. The molecule has 6 heteroatoms. The Morgan fingerprint density at radius 3 is 2.82 bits per heavy atom. The molecule has 0 aromatic carbocycles. The van der Waals surface area contributed by atoms with Crippen molar-refractivity contribution in [2.45, 2.75) is 44.7 Å². The lowest BCUT2D eigenvalue weighted by Crippen LogP contribution is -2.37. The summed E-state index contributed by atoms with van der Waals surface area (Å²) in [5, 5.41) is 7.41. The fourth-order valence-electron chi connectivity index (χ4n) is 2.09. The van der Waals surface area contributed by atoms with E-state index in [0.29, 0.717) is 11.1 Å². The molecule has 0 bridgehead atoms. The first-order valence-electron chi connectivity index (χ1n) is 5.88. The summed E-state index contributed by atoms with van der Waals surface area (Å²) in [5.74, 6) is 0.225. The second-order valence-electron chi connectivity index (χ2n) is 4.51. The maximum Gasteiger partial charge on any atom is 0.244 e. The average Bonchev–Trinajstić information content (AvgIpc) is 2.89. The highest BCUT2D eigenvalue weighted by atomic mass is 35.5. The Balaban J connectivity index is 1.98. The van der Waals surface area contributed by atoms with Gasteiger partial charge in [-0.3, -0.25) is 9.48 Å². The number of hydrogen-bond acceptors (Lipinski definition) is 3. The van der Waals surface area contributed by atoms with E-state index in [0.717, 1.165) is 12.8 Å². The average molecular weight is 257 g/mol. The van der Waals surface area contributed by atoms with Crippen molar-refractivity contribution >= 4 is 23.3 Å². The molecular formula is C11H17ClN4O. The van der Waals surface area contributed by atoms with Crippen molar-refractivity contribution in [1.29, 1.82) is 0 Å². The second kappa shape index (κ2) is 4.96. The largest absolute Gasteiger partial charge is 0.381 e. The zero-order chi connectivity index (χ0) is 12.4. The number of anilines is 1. The summed E-state index contributed by atoms with van der Waals surface area (Å²) in [7, 11) is 0. The Kier molecular flexibility index (Phi) is 3.57. The number of rotatable bonds is 3. The van der Waals surface area contributed by atoms with Crippen molar-refractivity contribution in [3.8, 4) is 0 Å². The van der Waals surface area contributed by atoms with Crippen LogP contribution in [-0.2, 0) is 4.79 Å². The molecule has 1 saturated carbocycles. The quantitative estimate of drug-likeness (QED) is 0.865. The van der Waals surface area contributed by atoms with Crippen molar-refractivity contribution in [3.63, 3.8) is 0 Å². The molecule has 2 rings (SSSR count). The molecule has 1 aromatic rings. The number of carbonyl (C=O) groups is 1. The van der Waals surface area contributed by atoms with Gasteiger partial charge in [-0.25, -0.2) is 0 Å². The molecule has 1 aromatic heterocycles. The van der Waals surface area contributed by atoms with Gasteiger partial charge in [0.25, 0.3) is 0 Å². The molecule has 94 valence electrons. The minimum atomic E-state index is -0.384. The van der Waals surface area contributed by atoms with Crippen LogP contribution in [0, 0.1) is 0 Å². The Hall–Kier alpha value is -1.23. The molecule has 1 amide bonds. The Morgan fingerprint density at radius 1 is 1.65 bits per heavy atom. The van der Waals surface area contributed by atoms with Gasteiger partial charge in [-0.2, -0.15) is 5.10 Å². The SMILES string of the molecule is CC(C(=O)NC1CCCC1)n1cc(Cl)c(N)n1. The highest BCUT2D eigenvalue weighted by Gasteiger charge is 2.22. The smallest absolute Gasteiger partial charge is 0.244 e. The monoisotopic (exact) mass is 256 g/mol. The Bertz CT molecular complexity index is 392. The Labute approximate surface area is 105 Å². The van der Waals surface area contributed by atoms with Crippen LogP contribution in [0.25, 0.3) is 0 Å². The molecule has 17 heavy (non-hydrogen) atoms. The van der Waals surface area contributed by atoms with Crippen LogP contribution in [0.2, 0.25) is 5.02 Å². The van der Waals surface area contributed by atoms with Crippen LogP contribution in [-0.4, -0.2) is 21.7 Å². The van der Waals surface area contributed by atoms with Crippen LogP contribution in [0.15, 0.2) is 6.20 Å². The highest BCUT2D eigenvalue weighted by Crippen LogP contribution is 2.20. The van der Waals surface area contributed by atoms with Crippen molar-refractivity contribution in [3.05, 3.63) is 11.2 Å². The van der Waals surface area contributed by atoms with Gasteiger partial charge in [-0.05, 0) is 19.8 Å². The molecule has 1 aliphatic rings. The van der Waals surface area contributed by atoms with Gasteiger partial charge in [0.15, 0.2) is 5.82 Å². The van der Waals surface area contributed by atoms with Gasteiger partial charge < -0.3 is 11.1 Å². The highest BCUT2D eigenvalue weighted by molar-refractivity contribution is 6.32. The Morgan fingerprint density at radius 2 is 2.29 bits per heavy atom. The van der Waals surface area contributed by atoms with Crippen LogP contribution >= 0.6 is 11.6 Å². The molecule has 1 atom stereocenters. The summed E-state index contributed by atoms with van der Waals surface area (Å²) in [6.07, 6.45) is 6.11. The topological polar surface area (TPSA) is 72.9 Å². The summed E-state index contributed by atoms with van der Waals surface area (Å²) in [4.78, 5) is 12.0. The molecule has 1 aliphatic carbocycles. The molecule has 0 saturated heterocycles. The molecule has 0 radical (unpaired) electrons. The van der Waals surface area contributed by atoms with Crippen molar-refractivity contribution in [2.24, 2.45) is 0 Å². The molecule has 3 N–H and O–H groups in total. The maximum absolute atomic E-state index is 12.0. The van der Waals surface area contributed by atoms with Crippen LogP contribution in [0.1, 0.15) is 38.6 Å². The van der Waals surface area contributed by atoms with Crippen molar-refractivity contribution < 1.29 is 4.79 Å². The molecule has 0 aliphatic heterocycles. The van der Waals surface area contributed by atoms with E-state index in [9.17, 15) is 4.79 Å². The summed E-state index contributed by atoms with van der Waals surface area (Å²) in [5.41, 5.74) is 5.55. The van der Waals surface area contributed by atoms with Crippen molar-refractivity contribution in [2.75, 3.05) is 5.73 Å². The zero-order valence-corrected chi connectivity index (χ0v) is 10.6. The summed E-state index contributed by atoms with van der Waals surface area (Å²) in [6.45, 7) is 1.78. The van der Waals surface area contributed by atoms with Gasteiger partial charge in [-0.1, -0.05) is 24.4 Å². The van der Waals surface area contributed by atoms with Gasteiger partial charge in [0.05, 0.1) is 0 Å². The van der Waals surface area contributed by atoms with Gasteiger partial charge in [-0.15, -0.1) is 0 Å². The number of nitrogens with one attached hydrogen (secondary N) is 1. The normalized spacial score (nSPS) is 18.2. The summed E-state index contributed by atoms with van der Waals surface area (Å²) >= 11 is 5.81. The fourth-order valence-corrected chi connectivity index (χ4v) is 2.23. The van der Waals surface area contributed by atoms with E-state index in [1.54, 1.807) is 13.1 Å². The summed E-state index contributed by atoms with van der Waals surface area (Å²) in [6, 6.07) is -0.0706. The lowest BCUT2D eigenvalue weighted by Gasteiger charge is -2.16. The summed E-state index contributed by atoms with van der Waals surface area (Å²) < 4.78 is 1.50. The van der Waals surface area contributed by atoms with E-state index < -0.39 is 0 Å². The number of halogens is 1. The van der Waals surface area contributed by atoms with Gasteiger partial charge in [0.1, 0.15) is 11.1 Å². The van der Waals surface area contributed by atoms with Crippen molar-refractivity contribution in [1.82, 2.24) is 15.1 Å². The number of carbonyl (C=O) groups excluding carboxylic acids is 1. The predicted octanol–water partition coefficient (Wildman–Crippen LogP) is 1.74. The first kappa shape index (κ1) is 12.2. The molecule has 5 nitrogen and oxygen atoms in total. The number of aromatic nitrogens is 2. The van der Waals surface area contributed by atoms with Gasteiger partial charge in [0, 0.05) is 12.2 Å². The van der Waals surface area contributed by atoms with Crippen LogP contribution < -0.4 is 11.1 Å². The van der Waals surface area contributed by atoms with Crippen LogP contribution in [0.4, 0.5) is 5.82 Å². The van der Waals surface area contributed by atoms with Crippen LogP contribution in [0.5, 0.6) is 0 Å². The number of amides is 1. The number of hydrogen-bond donors (Lipinski definition) is 2. The third kappa shape index (κ3) is 2.72. The van der Waals surface area contributed by atoms with Gasteiger partial charge >= 0.3 is 0 Å². The number of nitrogens with zero attached hydrogens (tertiary/aromatic N) is 2. The number of nitrogens with two attached hydrogens (primary N) is 1. The maximum atomic E-state index is 12.0. The molecule has 1 fully saturated rings. The third-order valence-electron chi connectivity index (χ3n) is 3.19. The standard InChI is InChI=1S/C11H17ClN4O/c1-7(16-6-9(12)10(13)15-16)11(17)14-8-4-2-3-5-8/h6-8H,2-5H2,1H3,(H2,13,15)(H,14,17). The first-order valence-corrected chi connectivity index (χ1v) is 6.26. The second-order valence-corrected chi connectivity index (χ2v) is 4.92. The van der Waals surface area contributed by atoms with E-state index in [2.05, 4.69) is 10.4 Å². The van der Waals surface area contributed by atoms with E-state index >= 15 is 0 Å². The number of nitrogen functional groups attached to an aromatic ring is 1. The van der Waals surface area contributed by atoms with E-state index in [-0.39, 0.29) is 17.8 Å². The van der Waals surface area contributed by atoms with Gasteiger partial charge in [0.2, 0.25) is 5.91 Å².